The van der Waals surface area contributed by atoms with Crippen LogP contribution < -0.4 is 10.6 Å². The molecule has 2 aromatic heterocycles. The molecule has 4 aromatic rings. The van der Waals surface area contributed by atoms with Crippen molar-refractivity contribution in [3.05, 3.63) is 77.7 Å². The van der Waals surface area contributed by atoms with E-state index in [0.29, 0.717) is 18.3 Å². The average molecular weight is 439 g/mol. The van der Waals surface area contributed by atoms with E-state index in [2.05, 4.69) is 25.6 Å². The largest absolute Gasteiger partial charge is 0.357 e. The van der Waals surface area contributed by atoms with Gasteiger partial charge in [0.05, 0.1) is 23.5 Å². The normalized spacial score (nSPS) is 13.0. The summed E-state index contributed by atoms with van der Waals surface area (Å²) in [5.74, 6) is 1.96. The third-order valence-electron chi connectivity index (χ3n) is 5.73. The molecule has 7 heteroatoms. The van der Waals surface area contributed by atoms with Gasteiger partial charge in [0.15, 0.2) is 0 Å². The summed E-state index contributed by atoms with van der Waals surface area (Å²) in [6, 6.07) is 17.7. The van der Waals surface area contributed by atoms with Gasteiger partial charge in [-0.05, 0) is 43.5 Å². The van der Waals surface area contributed by atoms with E-state index in [1.807, 2.05) is 61.5 Å². The van der Waals surface area contributed by atoms with Gasteiger partial charge in [-0.3, -0.25) is 4.79 Å². The Balaban J connectivity index is 1.43. The number of aryl methyl sites for hydroxylation is 1. The molecule has 0 unspecified atom stereocenters. The maximum absolute atomic E-state index is 12.6. The van der Waals surface area contributed by atoms with Crippen molar-refractivity contribution in [2.45, 2.75) is 32.1 Å². The highest BCUT2D eigenvalue weighted by Crippen LogP contribution is 2.41. The van der Waals surface area contributed by atoms with E-state index >= 15 is 0 Å². The SMILES string of the molecule is CNc1nccc(-c2[nH]c(C3CC3)nc2-c2cccc(NC(=O)Cc3ccc(C)cc3)c2)n1. The molecular weight excluding hydrogens is 412 g/mol. The number of nitrogens with one attached hydrogen (secondary N) is 3. The average Bonchev–Trinajstić information content (AvgIpc) is 3.59. The van der Waals surface area contributed by atoms with Gasteiger partial charge in [-0.2, -0.15) is 0 Å². The smallest absolute Gasteiger partial charge is 0.228 e. The van der Waals surface area contributed by atoms with Crippen molar-refractivity contribution in [3.8, 4) is 22.6 Å². The number of carbonyl (C=O) groups excluding carboxylic acids is 1. The third kappa shape index (κ3) is 4.77. The fourth-order valence-electron chi connectivity index (χ4n) is 3.80. The van der Waals surface area contributed by atoms with E-state index in [1.165, 1.54) is 5.56 Å². The van der Waals surface area contributed by atoms with Crippen molar-refractivity contribution in [1.82, 2.24) is 19.9 Å². The first-order valence-electron chi connectivity index (χ1n) is 11.2. The fourth-order valence-corrected chi connectivity index (χ4v) is 3.80. The number of nitrogens with zero attached hydrogens (tertiary/aromatic N) is 3. The number of amides is 1. The third-order valence-corrected chi connectivity index (χ3v) is 5.73. The molecule has 1 aliphatic carbocycles. The lowest BCUT2D eigenvalue weighted by molar-refractivity contribution is -0.115. The molecule has 3 N–H and O–H groups in total. The Labute approximate surface area is 192 Å². The molecule has 166 valence electrons. The van der Waals surface area contributed by atoms with Crippen molar-refractivity contribution in [2.75, 3.05) is 17.7 Å². The Kier molecular flexibility index (Phi) is 5.60. The van der Waals surface area contributed by atoms with E-state index in [9.17, 15) is 4.79 Å². The van der Waals surface area contributed by atoms with Crippen LogP contribution in [0.15, 0.2) is 60.8 Å². The van der Waals surface area contributed by atoms with Crippen molar-refractivity contribution >= 4 is 17.5 Å². The Morgan fingerprint density at radius 3 is 2.67 bits per heavy atom. The van der Waals surface area contributed by atoms with Crippen LogP contribution in [-0.2, 0) is 11.2 Å². The maximum Gasteiger partial charge on any atom is 0.228 e. The number of hydrogen-bond acceptors (Lipinski definition) is 5. The second kappa shape index (κ2) is 8.86. The highest BCUT2D eigenvalue weighted by atomic mass is 16.1. The van der Waals surface area contributed by atoms with Crippen molar-refractivity contribution in [1.29, 1.82) is 0 Å². The van der Waals surface area contributed by atoms with E-state index < -0.39 is 0 Å². The number of aromatic amines is 1. The van der Waals surface area contributed by atoms with Crippen molar-refractivity contribution < 1.29 is 4.79 Å². The Morgan fingerprint density at radius 2 is 1.91 bits per heavy atom. The summed E-state index contributed by atoms with van der Waals surface area (Å²) in [6.07, 6.45) is 4.36. The monoisotopic (exact) mass is 438 g/mol. The first-order valence-corrected chi connectivity index (χ1v) is 11.2. The molecule has 33 heavy (non-hydrogen) atoms. The highest BCUT2D eigenvalue weighted by Gasteiger charge is 2.29. The summed E-state index contributed by atoms with van der Waals surface area (Å²) in [4.78, 5) is 29.9. The second-order valence-electron chi connectivity index (χ2n) is 8.43. The Morgan fingerprint density at radius 1 is 1.09 bits per heavy atom. The van der Waals surface area contributed by atoms with Crippen molar-refractivity contribution in [3.63, 3.8) is 0 Å². The minimum Gasteiger partial charge on any atom is -0.357 e. The topological polar surface area (TPSA) is 95.6 Å². The Bertz CT molecular complexity index is 1290. The van der Waals surface area contributed by atoms with Gasteiger partial charge in [-0.15, -0.1) is 0 Å². The fraction of sp³-hybridized carbons (Fsp3) is 0.231. The molecule has 1 fully saturated rings. The molecule has 1 aliphatic rings. The van der Waals surface area contributed by atoms with Crippen LogP contribution in [-0.4, -0.2) is 32.9 Å². The van der Waals surface area contributed by atoms with E-state index in [-0.39, 0.29) is 5.91 Å². The molecule has 0 spiro atoms. The zero-order valence-corrected chi connectivity index (χ0v) is 18.7. The Hall–Kier alpha value is -4.00. The van der Waals surface area contributed by atoms with Crippen LogP contribution in [0, 0.1) is 6.92 Å². The molecular formula is C26H26N6O. The molecule has 0 aliphatic heterocycles. The number of aromatic nitrogens is 4. The van der Waals surface area contributed by atoms with Crippen molar-refractivity contribution in [2.24, 2.45) is 0 Å². The van der Waals surface area contributed by atoms with Gasteiger partial charge in [-0.1, -0.05) is 42.0 Å². The number of benzene rings is 2. The maximum atomic E-state index is 12.6. The lowest BCUT2D eigenvalue weighted by Crippen LogP contribution is -2.14. The summed E-state index contributed by atoms with van der Waals surface area (Å²) in [5, 5.41) is 6.01. The van der Waals surface area contributed by atoms with Crippen LogP contribution in [0.5, 0.6) is 0 Å². The summed E-state index contributed by atoms with van der Waals surface area (Å²) in [6.45, 7) is 2.04. The van der Waals surface area contributed by atoms with Crippen LogP contribution in [0.2, 0.25) is 0 Å². The van der Waals surface area contributed by atoms with E-state index in [1.54, 1.807) is 13.2 Å². The van der Waals surface area contributed by atoms with Gasteiger partial charge in [0.1, 0.15) is 5.82 Å². The molecule has 2 aromatic carbocycles. The second-order valence-corrected chi connectivity index (χ2v) is 8.43. The summed E-state index contributed by atoms with van der Waals surface area (Å²) in [5.41, 5.74) is 6.29. The summed E-state index contributed by atoms with van der Waals surface area (Å²) in [7, 11) is 1.80. The molecule has 7 nitrogen and oxygen atoms in total. The first kappa shape index (κ1) is 20.9. The van der Waals surface area contributed by atoms with Crippen LogP contribution in [0.1, 0.15) is 35.7 Å². The highest BCUT2D eigenvalue weighted by molar-refractivity contribution is 5.93. The van der Waals surface area contributed by atoms with Gasteiger partial charge < -0.3 is 15.6 Å². The van der Waals surface area contributed by atoms with Crippen LogP contribution in [0.3, 0.4) is 0 Å². The lowest BCUT2D eigenvalue weighted by atomic mass is 10.1. The van der Waals surface area contributed by atoms with Gasteiger partial charge in [-0.25, -0.2) is 15.0 Å². The number of carbonyl (C=O) groups is 1. The standard InChI is InChI=1S/C26H26N6O/c1-16-6-8-17(9-7-16)14-22(33)29-20-5-3-4-19(15-20)23-24(32-25(31-23)18-10-11-18)21-12-13-28-26(27-2)30-21/h3-9,12-13,15,18H,10-11,14H2,1-2H3,(H,29,33)(H,31,32)(H,27,28,30). The number of rotatable bonds is 7. The van der Waals surface area contributed by atoms with Gasteiger partial charge in [0.2, 0.25) is 11.9 Å². The molecule has 0 bridgehead atoms. The molecule has 0 radical (unpaired) electrons. The summed E-state index contributed by atoms with van der Waals surface area (Å²) < 4.78 is 0. The quantitative estimate of drug-likeness (QED) is 0.380. The molecule has 0 atom stereocenters. The summed E-state index contributed by atoms with van der Waals surface area (Å²) >= 11 is 0. The zero-order chi connectivity index (χ0) is 22.8. The minimum atomic E-state index is -0.0496. The minimum absolute atomic E-state index is 0.0496. The van der Waals surface area contributed by atoms with E-state index in [4.69, 9.17) is 4.98 Å². The van der Waals surface area contributed by atoms with Crippen LogP contribution in [0.25, 0.3) is 22.6 Å². The molecule has 5 rings (SSSR count). The number of H-pyrrole nitrogens is 1. The van der Waals surface area contributed by atoms with Gasteiger partial charge in [0.25, 0.3) is 0 Å². The number of imidazole rings is 1. The van der Waals surface area contributed by atoms with Crippen LogP contribution in [0.4, 0.5) is 11.6 Å². The van der Waals surface area contributed by atoms with Gasteiger partial charge >= 0.3 is 0 Å². The van der Waals surface area contributed by atoms with E-state index in [0.717, 1.165) is 52.6 Å². The predicted octanol–water partition coefficient (Wildman–Crippen LogP) is 4.94. The molecule has 0 saturated heterocycles. The predicted molar refractivity (Wildman–Crippen MR) is 130 cm³/mol. The molecule has 1 amide bonds. The van der Waals surface area contributed by atoms with Gasteiger partial charge in [0, 0.05) is 30.4 Å². The lowest BCUT2D eigenvalue weighted by Gasteiger charge is -2.08. The molecule has 2 heterocycles. The zero-order valence-electron chi connectivity index (χ0n) is 18.7. The number of hydrogen-bond donors (Lipinski definition) is 3. The van der Waals surface area contributed by atoms with Crippen LogP contribution >= 0.6 is 0 Å². The number of anilines is 2. The molecule has 1 saturated carbocycles. The first-order chi connectivity index (χ1) is 16.1.